The van der Waals surface area contributed by atoms with E-state index in [1.165, 1.54) is 17.7 Å². The lowest BCUT2D eigenvalue weighted by Gasteiger charge is -2.08. The molecule has 17 heavy (non-hydrogen) atoms. The van der Waals surface area contributed by atoms with Gasteiger partial charge in [0.2, 0.25) is 0 Å². The summed E-state index contributed by atoms with van der Waals surface area (Å²) in [7, 11) is 0. The lowest BCUT2D eigenvalue weighted by molar-refractivity contribution is 0.286. The van der Waals surface area contributed by atoms with Crippen LogP contribution in [-0.4, -0.2) is 17.5 Å². The average molecular weight is 250 g/mol. The topological polar surface area (TPSA) is 12.5 Å². The standard InChI is InChI=1S/C15H22OS/c1-12(2)9-10-15(3)14(16-15)11-17-13-7-5-4-6-8-13/h4-8,12,14H,9-11H2,1-3H3/t14-,15+/m1/s1. The van der Waals surface area contributed by atoms with Gasteiger partial charge in [-0.3, -0.25) is 0 Å². The van der Waals surface area contributed by atoms with E-state index in [0.29, 0.717) is 6.10 Å². The summed E-state index contributed by atoms with van der Waals surface area (Å²) in [4.78, 5) is 1.34. The first kappa shape index (κ1) is 13.0. The van der Waals surface area contributed by atoms with Crippen LogP contribution in [0.2, 0.25) is 0 Å². The van der Waals surface area contributed by atoms with Gasteiger partial charge in [-0.25, -0.2) is 0 Å². The molecule has 0 saturated carbocycles. The van der Waals surface area contributed by atoms with Crippen molar-refractivity contribution in [2.75, 3.05) is 5.75 Å². The molecule has 0 aromatic heterocycles. The maximum Gasteiger partial charge on any atom is 0.0964 e. The van der Waals surface area contributed by atoms with Gasteiger partial charge in [-0.15, -0.1) is 11.8 Å². The Morgan fingerprint density at radius 1 is 1.29 bits per heavy atom. The van der Waals surface area contributed by atoms with E-state index >= 15 is 0 Å². The van der Waals surface area contributed by atoms with E-state index in [4.69, 9.17) is 4.74 Å². The van der Waals surface area contributed by atoms with Gasteiger partial charge in [0.15, 0.2) is 0 Å². The van der Waals surface area contributed by atoms with Crippen LogP contribution in [0.3, 0.4) is 0 Å². The zero-order chi connectivity index (χ0) is 12.3. The van der Waals surface area contributed by atoms with Gasteiger partial charge < -0.3 is 4.74 Å². The molecule has 2 rings (SSSR count). The predicted octanol–water partition coefficient (Wildman–Crippen LogP) is 4.37. The molecule has 1 aliphatic heterocycles. The molecule has 0 bridgehead atoms. The van der Waals surface area contributed by atoms with E-state index in [1.54, 1.807) is 0 Å². The van der Waals surface area contributed by atoms with Gasteiger partial charge in [-0.1, -0.05) is 32.0 Å². The van der Waals surface area contributed by atoms with Crippen LogP contribution >= 0.6 is 11.8 Å². The van der Waals surface area contributed by atoms with Crippen LogP contribution in [0, 0.1) is 5.92 Å². The summed E-state index contributed by atoms with van der Waals surface area (Å²) in [6, 6.07) is 10.6. The molecular formula is C15H22OS. The molecule has 1 heterocycles. The summed E-state index contributed by atoms with van der Waals surface area (Å²) < 4.78 is 5.86. The van der Waals surface area contributed by atoms with Crippen LogP contribution in [0.15, 0.2) is 35.2 Å². The zero-order valence-electron chi connectivity index (χ0n) is 11.0. The molecule has 1 nitrogen and oxygen atoms in total. The average Bonchev–Trinajstić information content (AvgIpc) is 2.97. The second-order valence-electron chi connectivity index (χ2n) is 5.48. The smallest absolute Gasteiger partial charge is 0.0964 e. The monoisotopic (exact) mass is 250 g/mol. The Morgan fingerprint density at radius 3 is 2.65 bits per heavy atom. The fourth-order valence-electron chi connectivity index (χ4n) is 1.99. The summed E-state index contributed by atoms with van der Waals surface area (Å²) in [6.45, 7) is 6.81. The molecule has 0 amide bonds. The summed E-state index contributed by atoms with van der Waals surface area (Å²) in [5, 5.41) is 0. The fourth-order valence-corrected chi connectivity index (χ4v) is 3.10. The number of epoxide rings is 1. The third-order valence-electron chi connectivity index (χ3n) is 3.40. The minimum atomic E-state index is 0.159. The van der Waals surface area contributed by atoms with E-state index in [1.807, 2.05) is 11.8 Å². The van der Waals surface area contributed by atoms with Gasteiger partial charge in [0, 0.05) is 10.6 Å². The fraction of sp³-hybridized carbons (Fsp3) is 0.600. The van der Waals surface area contributed by atoms with Crippen molar-refractivity contribution < 1.29 is 4.74 Å². The lowest BCUT2D eigenvalue weighted by atomic mass is 9.97. The van der Waals surface area contributed by atoms with Gasteiger partial charge in [0.25, 0.3) is 0 Å². The van der Waals surface area contributed by atoms with Crippen LogP contribution in [0.1, 0.15) is 33.6 Å². The maximum absolute atomic E-state index is 5.86. The number of thioether (sulfide) groups is 1. The molecule has 2 atom stereocenters. The van der Waals surface area contributed by atoms with Crippen molar-refractivity contribution in [3.63, 3.8) is 0 Å². The van der Waals surface area contributed by atoms with Crippen LogP contribution < -0.4 is 0 Å². The molecule has 1 aromatic carbocycles. The van der Waals surface area contributed by atoms with Crippen LogP contribution in [-0.2, 0) is 4.74 Å². The Morgan fingerprint density at radius 2 is 2.00 bits per heavy atom. The molecule has 94 valence electrons. The highest BCUT2D eigenvalue weighted by molar-refractivity contribution is 7.99. The Kier molecular flexibility index (Phi) is 4.16. The molecule has 2 heteroatoms. The molecule has 0 radical (unpaired) electrons. The lowest BCUT2D eigenvalue weighted by Crippen LogP contribution is -2.12. The minimum absolute atomic E-state index is 0.159. The number of ether oxygens (including phenoxy) is 1. The van der Waals surface area contributed by atoms with Gasteiger partial charge in [-0.2, -0.15) is 0 Å². The summed E-state index contributed by atoms with van der Waals surface area (Å²) in [5.41, 5.74) is 0.159. The first-order valence-electron chi connectivity index (χ1n) is 6.46. The Hall–Kier alpha value is -0.470. The van der Waals surface area contributed by atoms with Crippen molar-refractivity contribution in [1.82, 2.24) is 0 Å². The Balaban J connectivity index is 1.72. The molecule has 0 unspecified atom stereocenters. The van der Waals surface area contributed by atoms with Crippen LogP contribution in [0.4, 0.5) is 0 Å². The van der Waals surface area contributed by atoms with Crippen molar-refractivity contribution >= 4 is 11.8 Å². The third-order valence-corrected chi connectivity index (χ3v) is 4.47. The van der Waals surface area contributed by atoms with E-state index in [9.17, 15) is 0 Å². The quantitative estimate of drug-likeness (QED) is 0.549. The molecule has 1 aromatic rings. The SMILES string of the molecule is CC(C)CC[C@]1(C)O[C@@H]1CSc1ccccc1. The zero-order valence-corrected chi connectivity index (χ0v) is 11.8. The third kappa shape index (κ3) is 3.75. The predicted molar refractivity (Wildman–Crippen MR) is 74.5 cm³/mol. The highest BCUT2D eigenvalue weighted by Crippen LogP contribution is 2.43. The summed E-state index contributed by atoms with van der Waals surface area (Å²) in [5.74, 6) is 1.86. The maximum atomic E-state index is 5.86. The second kappa shape index (κ2) is 5.45. The minimum Gasteiger partial charge on any atom is -0.365 e. The van der Waals surface area contributed by atoms with Crippen molar-refractivity contribution in [2.45, 2.75) is 50.2 Å². The van der Waals surface area contributed by atoms with Gasteiger partial charge in [0.1, 0.15) is 0 Å². The molecule has 1 aliphatic rings. The molecule has 0 N–H and O–H groups in total. The summed E-state index contributed by atoms with van der Waals surface area (Å²) >= 11 is 1.90. The first-order chi connectivity index (χ1) is 8.10. The van der Waals surface area contributed by atoms with E-state index in [-0.39, 0.29) is 5.60 Å². The summed E-state index contributed by atoms with van der Waals surface area (Å²) in [6.07, 6.45) is 2.92. The van der Waals surface area contributed by atoms with E-state index in [0.717, 1.165) is 11.7 Å². The molecule has 0 aliphatic carbocycles. The van der Waals surface area contributed by atoms with Crippen molar-refractivity contribution in [3.8, 4) is 0 Å². The molecular weight excluding hydrogens is 228 g/mol. The Labute approximate surface area is 109 Å². The van der Waals surface area contributed by atoms with Gasteiger partial charge >= 0.3 is 0 Å². The number of hydrogen-bond donors (Lipinski definition) is 0. The molecule has 0 spiro atoms. The van der Waals surface area contributed by atoms with Crippen molar-refractivity contribution in [2.24, 2.45) is 5.92 Å². The van der Waals surface area contributed by atoms with Crippen LogP contribution in [0.25, 0.3) is 0 Å². The number of hydrogen-bond acceptors (Lipinski definition) is 2. The highest BCUT2D eigenvalue weighted by atomic mass is 32.2. The number of rotatable bonds is 6. The van der Waals surface area contributed by atoms with Crippen molar-refractivity contribution in [3.05, 3.63) is 30.3 Å². The number of benzene rings is 1. The van der Waals surface area contributed by atoms with E-state index < -0.39 is 0 Å². The van der Waals surface area contributed by atoms with E-state index in [2.05, 4.69) is 51.1 Å². The van der Waals surface area contributed by atoms with Crippen LogP contribution in [0.5, 0.6) is 0 Å². The van der Waals surface area contributed by atoms with Crippen molar-refractivity contribution in [1.29, 1.82) is 0 Å². The largest absolute Gasteiger partial charge is 0.365 e. The van der Waals surface area contributed by atoms with Gasteiger partial charge in [-0.05, 0) is 37.8 Å². The van der Waals surface area contributed by atoms with Gasteiger partial charge in [0.05, 0.1) is 11.7 Å². The highest BCUT2D eigenvalue weighted by Gasteiger charge is 2.51. The molecule has 1 fully saturated rings. The normalized spacial score (nSPS) is 27.4. The second-order valence-corrected chi connectivity index (χ2v) is 6.57. The first-order valence-corrected chi connectivity index (χ1v) is 7.44. The Bertz CT molecular complexity index is 349. The molecule has 1 saturated heterocycles.